The molecule has 10 rings (SSSR count). The van der Waals surface area contributed by atoms with Gasteiger partial charge < -0.3 is 14.0 Å². The van der Waals surface area contributed by atoms with Crippen molar-refractivity contribution in [3.63, 3.8) is 0 Å². The van der Waals surface area contributed by atoms with Crippen molar-refractivity contribution in [2.24, 2.45) is 0 Å². The van der Waals surface area contributed by atoms with Crippen molar-refractivity contribution >= 4 is 33.0 Å². The molecule has 3 heterocycles. The number of rotatable bonds is 7. The van der Waals surface area contributed by atoms with Gasteiger partial charge in [-0.1, -0.05) is 135 Å². The molecule has 0 fully saturated rings. The van der Waals surface area contributed by atoms with Crippen LogP contribution in [0.5, 0.6) is 0 Å². The van der Waals surface area contributed by atoms with Gasteiger partial charge in [0.1, 0.15) is 5.58 Å². The van der Waals surface area contributed by atoms with Crippen LogP contribution in [-0.4, -0.2) is 14.5 Å². The molecule has 0 bridgehead atoms. The Morgan fingerprint density at radius 1 is 0.639 bits per heavy atom. The van der Waals surface area contributed by atoms with E-state index in [9.17, 15) is 4.39 Å². The summed E-state index contributed by atoms with van der Waals surface area (Å²) in [5.41, 5.74) is 13.4. The Morgan fingerprint density at radius 2 is 1.31 bits per heavy atom. The van der Waals surface area contributed by atoms with Gasteiger partial charge in [0, 0.05) is 47.3 Å². The van der Waals surface area contributed by atoms with Gasteiger partial charge >= 0.3 is 0 Å². The fourth-order valence-electron chi connectivity index (χ4n) is 7.92. The third-order valence-corrected chi connectivity index (χ3v) is 10.9. The molecule has 0 atom stereocenters. The zero-order valence-corrected chi connectivity index (χ0v) is 36.6. The van der Waals surface area contributed by atoms with Crippen LogP contribution in [0.15, 0.2) is 168 Å². The molecule has 7 aromatic carbocycles. The summed E-state index contributed by atoms with van der Waals surface area (Å²) in [5, 5.41) is 1.76. The molecule has 10 aromatic rings. The first kappa shape index (κ1) is 37.5. The molecular weight excluding hydrogens is 930 g/mol. The van der Waals surface area contributed by atoms with E-state index in [1.54, 1.807) is 42.6 Å². The SMILES string of the molecule is Fc1ccc[c-]c1-c1ccccn1.[2H]C([2H])([2H])c1ccc2c(c1)oc1c(-c3nc4ccccc4n3-c3c(C(C)C)cc(-c4ccc(-c5ccccc5)cc4)cc3C(C)C)[c-]ccc12.[Ir]. The maximum absolute atomic E-state index is 13.2. The Balaban J connectivity index is 0.000000343. The Kier molecular flexibility index (Phi) is 10.9. The molecule has 1 radical (unpaired) electrons. The Hall–Kier alpha value is -6.46. The molecule has 61 heavy (non-hydrogen) atoms. The molecule has 0 spiro atoms. The van der Waals surface area contributed by atoms with Crippen molar-refractivity contribution in [3.05, 3.63) is 199 Å². The molecule has 6 heteroatoms. The Labute approximate surface area is 374 Å². The van der Waals surface area contributed by atoms with E-state index in [0.717, 1.165) is 38.9 Å². The fourth-order valence-corrected chi connectivity index (χ4v) is 7.92. The molecule has 0 N–H and O–H groups in total. The van der Waals surface area contributed by atoms with E-state index in [4.69, 9.17) is 13.5 Å². The van der Waals surface area contributed by atoms with Crippen LogP contribution in [0.3, 0.4) is 0 Å². The maximum Gasteiger partial charge on any atom is 0.121 e. The van der Waals surface area contributed by atoms with Crippen LogP contribution in [0.1, 0.15) is 60.3 Å². The minimum absolute atomic E-state index is 0. The number of hydrogen-bond donors (Lipinski definition) is 0. The second-order valence-electron chi connectivity index (χ2n) is 15.5. The number of fused-ring (bicyclic) bond motifs is 4. The van der Waals surface area contributed by atoms with Crippen LogP contribution in [0, 0.1) is 24.8 Å². The van der Waals surface area contributed by atoms with Crippen molar-refractivity contribution in [1.82, 2.24) is 14.5 Å². The molecule has 0 amide bonds. The number of halogens is 1. The van der Waals surface area contributed by atoms with Crippen LogP contribution in [0.4, 0.5) is 4.39 Å². The van der Waals surface area contributed by atoms with Gasteiger partial charge in [-0.2, -0.15) is 0 Å². The molecule has 0 saturated heterocycles. The largest absolute Gasteiger partial charge is 0.501 e. The summed E-state index contributed by atoms with van der Waals surface area (Å²) in [6.45, 7) is 6.77. The molecule has 0 aliphatic carbocycles. The van der Waals surface area contributed by atoms with Gasteiger partial charge in [-0.05, 0) is 99.7 Å². The molecule has 303 valence electrons. The van der Waals surface area contributed by atoms with E-state index in [2.05, 4.69) is 122 Å². The molecule has 0 aliphatic rings. The van der Waals surface area contributed by atoms with Gasteiger partial charge in [0.25, 0.3) is 0 Å². The number of hydrogen-bond acceptors (Lipinski definition) is 3. The summed E-state index contributed by atoms with van der Waals surface area (Å²) >= 11 is 0. The smallest absolute Gasteiger partial charge is 0.121 e. The molecule has 0 unspecified atom stereocenters. The summed E-state index contributed by atoms with van der Waals surface area (Å²) in [5.74, 6) is 0.866. The van der Waals surface area contributed by atoms with Gasteiger partial charge in [0.05, 0.1) is 22.4 Å². The zero-order chi connectivity index (χ0) is 43.8. The maximum atomic E-state index is 13.2. The summed E-state index contributed by atoms with van der Waals surface area (Å²) in [6.07, 6.45) is 1.63. The average Bonchev–Trinajstić information content (AvgIpc) is 3.88. The summed E-state index contributed by atoms with van der Waals surface area (Å²) in [7, 11) is 0. The topological polar surface area (TPSA) is 43.9 Å². The molecule has 0 aliphatic heterocycles. The Morgan fingerprint density at radius 3 is 2.00 bits per heavy atom. The number of para-hydroxylation sites is 2. The molecule has 3 aromatic heterocycles. The van der Waals surface area contributed by atoms with Crippen molar-refractivity contribution in [2.75, 3.05) is 0 Å². The summed E-state index contributed by atoms with van der Waals surface area (Å²) in [6, 6.07) is 57.6. The van der Waals surface area contributed by atoms with Gasteiger partial charge in [0.2, 0.25) is 0 Å². The van der Waals surface area contributed by atoms with Crippen molar-refractivity contribution in [3.8, 4) is 50.6 Å². The van der Waals surface area contributed by atoms with E-state index in [1.807, 2.05) is 42.5 Å². The van der Waals surface area contributed by atoms with Crippen molar-refractivity contribution < 1.29 is 33.0 Å². The number of aryl methyl sites for hydroxylation is 1. The van der Waals surface area contributed by atoms with E-state index in [1.165, 1.54) is 39.4 Å². The summed E-state index contributed by atoms with van der Waals surface area (Å²) < 4.78 is 45.8. The fraction of sp³-hybridized carbons (Fsp3) is 0.127. The first-order valence-electron chi connectivity index (χ1n) is 21.7. The average molecular weight is 977 g/mol. The number of aromatic nitrogens is 3. The van der Waals surface area contributed by atoms with E-state index < -0.39 is 6.85 Å². The monoisotopic (exact) mass is 977 g/mol. The molecular formula is C55H44FIrN3O-2. The van der Waals surface area contributed by atoms with E-state index in [-0.39, 0.29) is 43.3 Å². The van der Waals surface area contributed by atoms with Crippen LogP contribution < -0.4 is 0 Å². The van der Waals surface area contributed by atoms with Gasteiger partial charge in [0.15, 0.2) is 0 Å². The van der Waals surface area contributed by atoms with E-state index >= 15 is 0 Å². The second-order valence-corrected chi connectivity index (χ2v) is 15.5. The third kappa shape index (κ3) is 8.10. The molecule has 0 saturated carbocycles. The predicted octanol–water partition coefficient (Wildman–Crippen LogP) is 15.0. The summed E-state index contributed by atoms with van der Waals surface area (Å²) in [4.78, 5) is 9.28. The minimum atomic E-state index is -2.23. The van der Waals surface area contributed by atoms with Crippen molar-refractivity contribution in [2.45, 2.75) is 46.4 Å². The Bertz CT molecular complexity index is 3200. The number of nitrogens with zero attached hydrogens (tertiary/aromatic N) is 3. The van der Waals surface area contributed by atoms with Crippen LogP contribution in [0.2, 0.25) is 0 Å². The van der Waals surface area contributed by atoms with Gasteiger partial charge in [-0.3, -0.25) is 9.37 Å². The van der Waals surface area contributed by atoms with Crippen LogP contribution in [0.25, 0.3) is 83.6 Å². The van der Waals surface area contributed by atoms with Crippen LogP contribution >= 0.6 is 0 Å². The molecule has 4 nitrogen and oxygen atoms in total. The number of imidazole rings is 1. The van der Waals surface area contributed by atoms with Crippen molar-refractivity contribution in [1.29, 1.82) is 0 Å². The van der Waals surface area contributed by atoms with Gasteiger partial charge in [-0.25, -0.2) is 0 Å². The number of benzene rings is 7. The van der Waals surface area contributed by atoms with Crippen LogP contribution in [-0.2, 0) is 20.1 Å². The van der Waals surface area contributed by atoms with E-state index in [0.29, 0.717) is 22.4 Å². The first-order chi connectivity index (χ1) is 30.5. The number of furan rings is 1. The number of pyridine rings is 1. The normalized spacial score (nSPS) is 12.2. The second kappa shape index (κ2) is 17.6. The minimum Gasteiger partial charge on any atom is -0.501 e. The van der Waals surface area contributed by atoms with Gasteiger partial charge in [-0.15, -0.1) is 42.5 Å². The zero-order valence-electron chi connectivity index (χ0n) is 37.2. The first-order valence-corrected chi connectivity index (χ1v) is 20.2. The quantitative estimate of drug-likeness (QED) is 0.150. The standard InChI is InChI=1S/C44H37N2O.C11H7FN.Ir/c1-27(2)37-25-33(32-21-19-31(20-22-32)30-12-7-6-8-13-30)26-38(28(3)4)42(37)46-40-17-10-9-16-39(40)45-44(46)36-15-11-14-35-34-23-18-29(5)24-41(34)47-43(35)36;12-10-6-2-1-5-9(10)11-7-3-4-8-13-11;/h6-14,16-28H,1-5H3;1-4,6-8H;/q2*-1;/i5D3;;. The predicted molar refractivity (Wildman–Crippen MR) is 245 cm³/mol. The third-order valence-electron chi connectivity index (χ3n) is 10.9.